The standard InChI is InChI=1S/C21H20N2O6/c1-11-7-12(2)19-15(8-11)17(23-29-19)10-18(24)22-16-9-13(20(25)27-3)5-6-14(16)21(26)28-4/h5-9H,10H2,1-4H3,(H,22,24). The maximum Gasteiger partial charge on any atom is 0.339 e. The van der Waals surface area contributed by atoms with Crippen LogP contribution in [0, 0.1) is 13.8 Å². The number of amides is 1. The van der Waals surface area contributed by atoms with Crippen molar-refractivity contribution in [3.63, 3.8) is 0 Å². The van der Waals surface area contributed by atoms with Gasteiger partial charge in [0.15, 0.2) is 5.58 Å². The zero-order chi connectivity index (χ0) is 21.1. The predicted molar refractivity (Wildman–Crippen MR) is 105 cm³/mol. The minimum absolute atomic E-state index is 0.0705. The maximum atomic E-state index is 12.6. The quantitative estimate of drug-likeness (QED) is 0.660. The van der Waals surface area contributed by atoms with Gasteiger partial charge in [0, 0.05) is 5.39 Å². The van der Waals surface area contributed by atoms with E-state index in [2.05, 4.69) is 15.2 Å². The lowest BCUT2D eigenvalue weighted by Gasteiger charge is -2.11. The SMILES string of the molecule is COC(=O)c1ccc(C(=O)OC)c(NC(=O)Cc2noc3c(C)cc(C)cc23)c1. The maximum absolute atomic E-state index is 12.6. The fourth-order valence-corrected chi connectivity index (χ4v) is 3.09. The number of aromatic nitrogens is 1. The third-order valence-corrected chi connectivity index (χ3v) is 4.43. The van der Waals surface area contributed by atoms with Gasteiger partial charge in [-0.3, -0.25) is 4.79 Å². The average molecular weight is 396 g/mol. The van der Waals surface area contributed by atoms with Gasteiger partial charge in [0.1, 0.15) is 5.69 Å². The van der Waals surface area contributed by atoms with E-state index in [9.17, 15) is 14.4 Å². The van der Waals surface area contributed by atoms with E-state index in [0.29, 0.717) is 11.3 Å². The number of nitrogens with zero attached hydrogens (tertiary/aromatic N) is 1. The molecule has 1 amide bonds. The summed E-state index contributed by atoms with van der Waals surface area (Å²) in [6, 6.07) is 8.05. The molecule has 1 heterocycles. The number of carbonyl (C=O) groups is 3. The van der Waals surface area contributed by atoms with Crippen molar-refractivity contribution < 1.29 is 28.4 Å². The fraction of sp³-hybridized carbons (Fsp3) is 0.238. The van der Waals surface area contributed by atoms with E-state index in [-0.39, 0.29) is 23.2 Å². The molecule has 3 rings (SSSR count). The van der Waals surface area contributed by atoms with E-state index < -0.39 is 17.8 Å². The molecule has 3 aromatic rings. The minimum atomic E-state index is -0.644. The lowest BCUT2D eigenvalue weighted by molar-refractivity contribution is -0.115. The largest absolute Gasteiger partial charge is 0.465 e. The average Bonchev–Trinajstić information content (AvgIpc) is 3.09. The number of hydrogen-bond acceptors (Lipinski definition) is 7. The summed E-state index contributed by atoms with van der Waals surface area (Å²) < 4.78 is 14.8. The van der Waals surface area contributed by atoms with Gasteiger partial charge in [0.2, 0.25) is 5.91 Å². The monoisotopic (exact) mass is 396 g/mol. The Hall–Kier alpha value is -3.68. The van der Waals surface area contributed by atoms with E-state index in [4.69, 9.17) is 9.26 Å². The van der Waals surface area contributed by atoms with Gasteiger partial charge in [-0.25, -0.2) is 9.59 Å². The Labute approximate surface area is 166 Å². The molecule has 0 unspecified atom stereocenters. The highest BCUT2D eigenvalue weighted by atomic mass is 16.5. The molecule has 8 heteroatoms. The molecule has 0 spiro atoms. The molecule has 1 aromatic heterocycles. The molecular weight excluding hydrogens is 376 g/mol. The Bertz CT molecular complexity index is 1120. The smallest absolute Gasteiger partial charge is 0.339 e. The van der Waals surface area contributed by atoms with Crippen LogP contribution in [-0.2, 0) is 20.7 Å². The van der Waals surface area contributed by atoms with Crippen LogP contribution in [0.1, 0.15) is 37.5 Å². The molecule has 29 heavy (non-hydrogen) atoms. The first-order valence-corrected chi connectivity index (χ1v) is 8.80. The van der Waals surface area contributed by atoms with E-state index >= 15 is 0 Å². The van der Waals surface area contributed by atoms with Crippen LogP contribution < -0.4 is 5.32 Å². The van der Waals surface area contributed by atoms with Gasteiger partial charge in [0.05, 0.1) is 37.5 Å². The van der Waals surface area contributed by atoms with Crippen LogP contribution in [-0.4, -0.2) is 37.2 Å². The molecule has 0 aliphatic carbocycles. The number of fused-ring (bicyclic) bond motifs is 1. The molecule has 8 nitrogen and oxygen atoms in total. The number of ether oxygens (including phenoxy) is 2. The number of nitrogens with one attached hydrogen (secondary N) is 1. The minimum Gasteiger partial charge on any atom is -0.465 e. The predicted octanol–water partition coefficient (Wildman–Crippen LogP) is 3.20. The topological polar surface area (TPSA) is 108 Å². The second-order valence-corrected chi connectivity index (χ2v) is 6.56. The van der Waals surface area contributed by atoms with Crippen molar-refractivity contribution in [1.82, 2.24) is 5.16 Å². The molecule has 0 radical (unpaired) electrons. The highest BCUT2D eigenvalue weighted by Crippen LogP contribution is 2.25. The van der Waals surface area contributed by atoms with Crippen molar-refractivity contribution in [3.8, 4) is 0 Å². The Morgan fingerprint density at radius 2 is 1.76 bits per heavy atom. The summed E-state index contributed by atoms with van der Waals surface area (Å²) in [4.78, 5) is 36.5. The Kier molecular flexibility index (Phi) is 5.63. The Balaban J connectivity index is 1.90. The molecule has 0 atom stereocenters. The molecule has 1 N–H and O–H groups in total. The number of rotatable bonds is 5. The second kappa shape index (κ2) is 8.14. The van der Waals surface area contributed by atoms with E-state index in [1.165, 1.54) is 32.4 Å². The lowest BCUT2D eigenvalue weighted by Crippen LogP contribution is -2.18. The van der Waals surface area contributed by atoms with Crippen molar-refractivity contribution >= 4 is 34.5 Å². The Morgan fingerprint density at radius 3 is 2.45 bits per heavy atom. The molecule has 0 bridgehead atoms. The summed E-state index contributed by atoms with van der Waals surface area (Å²) in [6.45, 7) is 3.86. The third-order valence-electron chi connectivity index (χ3n) is 4.43. The first kappa shape index (κ1) is 20.1. The summed E-state index contributed by atoms with van der Waals surface area (Å²) in [7, 11) is 2.48. The van der Waals surface area contributed by atoms with Crippen LogP contribution in [0.25, 0.3) is 11.0 Å². The molecule has 0 saturated heterocycles. The molecule has 0 aliphatic rings. The van der Waals surface area contributed by atoms with Gasteiger partial charge in [-0.2, -0.15) is 0 Å². The van der Waals surface area contributed by atoms with Crippen LogP contribution in [0.2, 0.25) is 0 Å². The Morgan fingerprint density at radius 1 is 1.03 bits per heavy atom. The summed E-state index contributed by atoms with van der Waals surface area (Å²) in [5.41, 5.74) is 3.51. The molecular formula is C21H20N2O6. The number of carbonyl (C=O) groups excluding carboxylic acids is 3. The van der Waals surface area contributed by atoms with Gasteiger partial charge in [0.25, 0.3) is 0 Å². The number of esters is 2. The number of benzene rings is 2. The van der Waals surface area contributed by atoms with Crippen molar-refractivity contribution in [2.45, 2.75) is 20.3 Å². The lowest BCUT2D eigenvalue weighted by atomic mass is 10.1. The first-order valence-electron chi connectivity index (χ1n) is 8.80. The zero-order valence-electron chi connectivity index (χ0n) is 16.5. The van der Waals surface area contributed by atoms with Crippen LogP contribution in [0.15, 0.2) is 34.9 Å². The van der Waals surface area contributed by atoms with Crippen molar-refractivity contribution in [3.05, 3.63) is 58.3 Å². The van der Waals surface area contributed by atoms with Gasteiger partial charge < -0.3 is 19.3 Å². The van der Waals surface area contributed by atoms with Crippen molar-refractivity contribution in [2.75, 3.05) is 19.5 Å². The number of methoxy groups -OCH3 is 2. The molecule has 0 saturated carbocycles. The molecule has 0 aliphatic heterocycles. The summed E-state index contributed by atoms with van der Waals surface area (Å²) in [5, 5.41) is 7.42. The number of aryl methyl sites for hydroxylation is 2. The van der Waals surface area contributed by atoms with Crippen molar-refractivity contribution in [1.29, 1.82) is 0 Å². The van der Waals surface area contributed by atoms with Crippen LogP contribution in [0.5, 0.6) is 0 Å². The summed E-state index contributed by atoms with van der Waals surface area (Å²) in [5.74, 6) is -1.66. The van der Waals surface area contributed by atoms with Crippen molar-refractivity contribution in [2.24, 2.45) is 0 Å². The van der Waals surface area contributed by atoms with E-state index in [1.54, 1.807) is 0 Å². The highest BCUT2D eigenvalue weighted by Gasteiger charge is 2.19. The summed E-state index contributed by atoms with van der Waals surface area (Å²) in [6.07, 6.45) is -0.0705. The normalized spacial score (nSPS) is 10.6. The van der Waals surface area contributed by atoms with Crippen LogP contribution >= 0.6 is 0 Å². The van der Waals surface area contributed by atoms with E-state index in [0.717, 1.165) is 16.5 Å². The highest BCUT2D eigenvalue weighted by molar-refractivity contribution is 6.04. The third kappa shape index (κ3) is 4.11. The molecule has 150 valence electrons. The first-order chi connectivity index (χ1) is 13.8. The fourth-order valence-electron chi connectivity index (χ4n) is 3.09. The molecule has 2 aromatic carbocycles. The second-order valence-electron chi connectivity index (χ2n) is 6.56. The van der Waals surface area contributed by atoms with Gasteiger partial charge in [-0.05, 0) is 49.2 Å². The number of hydrogen-bond donors (Lipinski definition) is 1. The van der Waals surface area contributed by atoms with Gasteiger partial charge in [-0.1, -0.05) is 11.2 Å². The summed E-state index contributed by atoms with van der Waals surface area (Å²) >= 11 is 0. The molecule has 0 fully saturated rings. The van der Waals surface area contributed by atoms with E-state index in [1.807, 2.05) is 26.0 Å². The van der Waals surface area contributed by atoms with Gasteiger partial charge >= 0.3 is 11.9 Å². The van der Waals surface area contributed by atoms with Gasteiger partial charge in [-0.15, -0.1) is 0 Å². The van der Waals surface area contributed by atoms with Crippen LogP contribution in [0.3, 0.4) is 0 Å². The number of anilines is 1. The van der Waals surface area contributed by atoms with Crippen LogP contribution in [0.4, 0.5) is 5.69 Å². The zero-order valence-corrected chi connectivity index (χ0v) is 16.5.